The van der Waals surface area contributed by atoms with Crippen molar-refractivity contribution in [1.29, 1.82) is 0 Å². The number of anilines is 2. The van der Waals surface area contributed by atoms with E-state index >= 15 is 0 Å². The van der Waals surface area contributed by atoms with Gasteiger partial charge < -0.3 is 16.2 Å². The van der Waals surface area contributed by atoms with E-state index in [1.54, 1.807) is 6.20 Å². The van der Waals surface area contributed by atoms with Gasteiger partial charge in [0.15, 0.2) is 0 Å². The molecule has 0 atom stereocenters. The average Bonchev–Trinajstić information content (AvgIpc) is 2.35. The maximum absolute atomic E-state index is 10.6. The number of nitrogens with two attached hydrogens (primary N) is 1. The third-order valence-electron chi connectivity index (χ3n) is 3.88. The first kappa shape index (κ1) is 14.5. The topological polar surface area (TPSA) is 84.1 Å². The molecule has 1 aromatic heterocycles. The Morgan fingerprint density at radius 3 is 2.63 bits per heavy atom. The Balaban J connectivity index is 1.97. The second-order valence-electron chi connectivity index (χ2n) is 6.17. The van der Waals surface area contributed by atoms with Gasteiger partial charge in [-0.2, -0.15) is 4.98 Å². The van der Waals surface area contributed by atoms with E-state index in [-0.39, 0.29) is 5.95 Å². The number of hydrogen-bond donors (Lipinski definition) is 3. The summed E-state index contributed by atoms with van der Waals surface area (Å²) in [6, 6.07) is 0. The van der Waals surface area contributed by atoms with Crippen LogP contribution in [0.3, 0.4) is 0 Å². The van der Waals surface area contributed by atoms with E-state index < -0.39 is 5.60 Å². The molecule has 1 saturated carbocycles. The summed E-state index contributed by atoms with van der Waals surface area (Å²) >= 11 is 3.37. The molecule has 1 aromatic rings. The molecule has 1 aliphatic rings. The van der Waals surface area contributed by atoms with E-state index in [1.165, 1.54) is 0 Å². The van der Waals surface area contributed by atoms with Crippen molar-refractivity contribution in [2.75, 3.05) is 17.6 Å². The zero-order chi connectivity index (χ0) is 14.1. The third kappa shape index (κ3) is 3.79. The van der Waals surface area contributed by atoms with E-state index in [0.717, 1.165) is 30.2 Å². The van der Waals surface area contributed by atoms with Crippen LogP contribution in [0.1, 0.15) is 39.5 Å². The minimum Gasteiger partial charge on any atom is -0.388 e. The van der Waals surface area contributed by atoms with E-state index in [2.05, 4.69) is 45.1 Å². The highest BCUT2D eigenvalue weighted by atomic mass is 79.9. The molecule has 2 rings (SSSR count). The molecule has 0 amide bonds. The summed E-state index contributed by atoms with van der Waals surface area (Å²) in [5, 5.41) is 13.7. The lowest BCUT2D eigenvalue weighted by atomic mass is 9.71. The lowest BCUT2D eigenvalue weighted by Crippen LogP contribution is -2.42. The molecule has 0 aliphatic heterocycles. The van der Waals surface area contributed by atoms with Gasteiger partial charge in [-0.25, -0.2) is 4.98 Å². The summed E-state index contributed by atoms with van der Waals surface area (Å²) in [6.45, 7) is 4.99. The molecular weight excluding hydrogens is 308 g/mol. The number of aromatic nitrogens is 2. The summed E-state index contributed by atoms with van der Waals surface area (Å²) in [5.41, 5.74) is 5.24. The van der Waals surface area contributed by atoms with Crippen molar-refractivity contribution in [3.8, 4) is 0 Å². The summed E-state index contributed by atoms with van der Waals surface area (Å²) in [7, 11) is 0. The van der Waals surface area contributed by atoms with Crippen LogP contribution in [0, 0.1) is 5.41 Å². The van der Waals surface area contributed by atoms with Crippen LogP contribution >= 0.6 is 15.9 Å². The van der Waals surface area contributed by atoms with Crippen LogP contribution in [-0.4, -0.2) is 27.2 Å². The Morgan fingerprint density at radius 2 is 2.00 bits per heavy atom. The van der Waals surface area contributed by atoms with Gasteiger partial charge in [0.2, 0.25) is 5.95 Å². The standard InChI is InChI=1S/C13H21BrN4O/c1-12(2)3-5-13(19,6-4-12)8-17-10-9(14)7-16-11(15)18-10/h7,19H,3-6,8H2,1-2H3,(H3,15,16,17,18). The van der Waals surface area contributed by atoms with Crippen LogP contribution in [0.15, 0.2) is 10.7 Å². The first-order valence-electron chi connectivity index (χ1n) is 6.54. The molecule has 1 fully saturated rings. The highest BCUT2D eigenvalue weighted by Gasteiger charge is 2.36. The minimum absolute atomic E-state index is 0.225. The zero-order valence-corrected chi connectivity index (χ0v) is 13.0. The van der Waals surface area contributed by atoms with Gasteiger partial charge in [-0.15, -0.1) is 0 Å². The maximum Gasteiger partial charge on any atom is 0.221 e. The molecular formula is C13H21BrN4O. The van der Waals surface area contributed by atoms with Crippen molar-refractivity contribution in [1.82, 2.24) is 9.97 Å². The van der Waals surface area contributed by atoms with Crippen LogP contribution in [0.5, 0.6) is 0 Å². The lowest BCUT2D eigenvalue weighted by molar-refractivity contribution is -0.0146. The third-order valence-corrected chi connectivity index (χ3v) is 4.46. The fourth-order valence-electron chi connectivity index (χ4n) is 2.32. The summed E-state index contributed by atoms with van der Waals surface area (Å²) in [4.78, 5) is 8.00. The molecule has 4 N–H and O–H groups in total. The summed E-state index contributed by atoms with van der Waals surface area (Å²) < 4.78 is 0.751. The van der Waals surface area contributed by atoms with Crippen molar-refractivity contribution in [3.05, 3.63) is 10.7 Å². The highest BCUT2D eigenvalue weighted by Crippen LogP contribution is 2.40. The van der Waals surface area contributed by atoms with Crippen molar-refractivity contribution < 1.29 is 5.11 Å². The Labute approximate surface area is 122 Å². The van der Waals surface area contributed by atoms with E-state index in [4.69, 9.17) is 5.73 Å². The number of nitrogens with zero attached hydrogens (tertiary/aromatic N) is 2. The molecule has 0 saturated heterocycles. The highest BCUT2D eigenvalue weighted by molar-refractivity contribution is 9.10. The number of aliphatic hydroxyl groups is 1. The number of nitrogens with one attached hydrogen (secondary N) is 1. The monoisotopic (exact) mass is 328 g/mol. The number of rotatable bonds is 3. The zero-order valence-electron chi connectivity index (χ0n) is 11.4. The second kappa shape index (κ2) is 5.25. The van der Waals surface area contributed by atoms with Crippen molar-refractivity contribution in [2.24, 2.45) is 5.41 Å². The van der Waals surface area contributed by atoms with Crippen LogP contribution in [0.2, 0.25) is 0 Å². The fourth-order valence-corrected chi connectivity index (χ4v) is 2.65. The van der Waals surface area contributed by atoms with Gasteiger partial charge in [-0.3, -0.25) is 0 Å². The number of halogens is 1. The first-order valence-corrected chi connectivity index (χ1v) is 7.33. The van der Waals surface area contributed by atoms with Crippen LogP contribution < -0.4 is 11.1 Å². The average molecular weight is 329 g/mol. The van der Waals surface area contributed by atoms with Crippen molar-refractivity contribution in [2.45, 2.75) is 45.1 Å². The Hall–Kier alpha value is -0.880. The molecule has 1 heterocycles. The van der Waals surface area contributed by atoms with Crippen LogP contribution in [0.4, 0.5) is 11.8 Å². The molecule has 106 valence electrons. The van der Waals surface area contributed by atoms with Gasteiger partial charge in [0.1, 0.15) is 5.82 Å². The lowest BCUT2D eigenvalue weighted by Gasteiger charge is -2.40. The van der Waals surface area contributed by atoms with Crippen molar-refractivity contribution in [3.63, 3.8) is 0 Å². The van der Waals surface area contributed by atoms with E-state index in [0.29, 0.717) is 17.8 Å². The van der Waals surface area contributed by atoms with Gasteiger partial charge in [-0.05, 0) is 47.0 Å². The molecule has 5 nitrogen and oxygen atoms in total. The van der Waals surface area contributed by atoms with E-state index in [1.807, 2.05) is 0 Å². The van der Waals surface area contributed by atoms with Gasteiger partial charge in [-0.1, -0.05) is 13.8 Å². The molecule has 0 aromatic carbocycles. The molecule has 19 heavy (non-hydrogen) atoms. The van der Waals surface area contributed by atoms with Crippen LogP contribution in [0.25, 0.3) is 0 Å². The molecule has 0 unspecified atom stereocenters. The molecule has 0 spiro atoms. The van der Waals surface area contributed by atoms with Crippen molar-refractivity contribution >= 4 is 27.7 Å². The molecule has 6 heteroatoms. The Morgan fingerprint density at radius 1 is 1.37 bits per heavy atom. The van der Waals surface area contributed by atoms with Gasteiger partial charge >= 0.3 is 0 Å². The first-order chi connectivity index (χ1) is 8.80. The predicted molar refractivity (Wildman–Crippen MR) is 79.8 cm³/mol. The van der Waals surface area contributed by atoms with Gasteiger partial charge in [0.25, 0.3) is 0 Å². The molecule has 1 aliphatic carbocycles. The normalized spacial score (nSPS) is 21.1. The SMILES string of the molecule is CC1(C)CCC(O)(CNc2nc(N)ncc2Br)CC1. The largest absolute Gasteiger partial charge is 0.388 e. The van der Waals surface area contributed by atoms with Gasteiger partial charge in [0, 0.05) is 12.7 Å². The summed E-state index contributed by atoms with van der Waals surface area (Å²) in [6.07, 6.45) is 5.31. The second-order valence-corrected chi connectivity index (χ2v) is 7.02. The quantitative estimate of drug-likeness (QED) is 0.794. The number of nitrogen functional groups attached to an aromatic ring is 1. The summed E-state index contributed by atoms with van der Waals surface area (Å²) in [5.74, 6) is 0.855. The smallest absolute Gasteiger partial charge is 0.221 e. The Bertz CT molecular complexity index is 454. The van der Waals surface area contributed by atoms with Gasteiger partial charge in [0.05, 0.1) is 10.1 Å². The fraction of sp³-hybridized carbons (Fsp3) is 0.692. The van der Waals surface area contributed by atoms with E-state index in [9.17, 15) is 5.11 Å². The minimum atomic E-state index is -0.658. The number of hydrogen-bond acceptors (Lipinski definition) is 5. The maximum atomic E-state index is 10.6. The van der Waals surface area contributed by atoms with Crippen LogP contribution in [-0.2, 0) is 0 Å². The Kier molecular flexibility index (Phi) is 4.01. The molecule has 0 radical (unpaired) electrons. The predicted octanol–water partition coefficient (Wildman–Crippen LogP) is 2.56. The molecule has 0 bridgehead atoms.